The predicted octanol–water partition coefficient (Wildman–Crippen LogP) is 2.03. The van der Waals surface area contributed by atoms with Gasteiger partial charge in [-0.2, -0.15) is 13.2 Å². The molecule has 0 bridgehead atoms. The molecule has 2 N–H and O–H groups in total. The van der Waals surface area contributed by atoms with Crippen LogP contribution in [0.5, 0.6) is 0 Å². The first kappa shape index (κ1) is 14.4. The van der Waals surface area contributed by atoms with Gasteiger partial charge in [-0.05, 0) is 25.1 Å². The van der Waals surface area contributed by atoms with Gasteiger partial charge in [0.2, 0.25) is 0 Å². The monoisotopic (exact) mass is 286 g/mol. The van der Waals surface area contributed by atoms with Crippen LogP contribution in [0.1, 0.15) is 16.8 Å². The molecule has 0 atom stereocenters. The van der Waals surface area contributed by atoms with Gasteiger partial charge in [0.25, 0.3) is 5.56 Å². The van der Waals surface area contributed by atoms with Gasteiger partial charge in [0, 0.05) is 24.3 Å². The lowest BCUT2D eigenvalue weighted by molar-refractivity contribution is -0.137. The molecule has 2 rings (SSSR count). The molecule has 1 heterocycles. The number of nitrogens with zero attached hydrogens (tertiary/aromatic N) is 1. The van der Waals surface area contributed by atoms with Gasteiger partial charge in [-0.15, -0.1) is 0 Å². The van der Waals surface area contributed by atoms with Gasteiger partial charge in [-0.1, -0.05) is 6.07 Å². The van der Waals surface area contributed by atoms with Crippen molar-refractivity contribution in [2.45, 2.75) is 19.5 Å². The van der Waals surface area contributed by atoms with Crippen molar-refractivity contribution in [1.82, 2.24) is 9.78 Å². The molecule has 0 aliphatic heterocycles. The average molecular weight is 286 g/mol. The number of aliphatic hydroxyl groups is 1. The van der Waals surface area contributed by atoms with Gasteiger partial charge in [-0.3, -0.25) is 9.89 Å². The van der Waals surface area contributed by atoms with Crippen LogP contribution < -0.4 is 5.56 Å². The van der Waals surface area contributed by atoms with Crippen molar-refractivity contribution in [3.05, 3.63) is 51.4 Å². The van der Waals surface area contributed by atoms with E-state index in [1.54, 1.807) is 6.92 Å². The summed E-state index contributed by atoms with van der Waals surface area (Å²) in [5, 5.41) is 11.6. The van der Waals surface area contributed by atoms with Gasteiger partial charge in [0.15, 0.2) is 0 Å². The first-order valence-electron chi connectivity index (χ1n) is 5.93. The predicted molar refractivity (Wildman–Crippen MR) is 66.9 cm³/mol. The van der Waals surface area contributed by atoms with Crippen LogP contribution in [0.3, 0.4) is 0 Å². The van der Waals surface area contributed by atoms with Crippen LogP contribution in [-0.2, 0) is 12.6 Å². The number of halogens is 3. The summed E-state index contributed by atoms with van der Waals surface area (Å²) in [4.78, 5) is 12.1. The van der Waals surface area contributed by atoms with Crippen LogP contribution in [0.2, 0.25) is 0 Å². The average Bonchev–Trinajstić information content (AvgIpc) is 2.66. The van der Waals surface area contributed by atoms with Gasteiger partial charge in [0.05, 0.1) is 11.3 Å². The number of alkyl halides is 3. The molecule has 20 heavy (non-hydrogen) atoms. The van der Waals surface area contributed by atoms with Crippen molar-refractivity contribution in [3.63, 3.8) is 0 Å². The maximum atomic E-state index is 12.7. The number of hydrogen-bond acceptors (Lipinski definition) is 2. The van der Waals surface area contributed by atoms with Gasteiger partial charge in [-0.25, -0.2) is 4.68 Å². The first-order chi connectivity index (χ1) is 9.34. The lowest BCUT2D eigenvalue weighted by atomic mass is 10.2. The van der Waals surface area contributed by atoms with E-state index < -0.39 is 17.3 Å². The number of aliphatic hydroxyl groups excluding tert-OH is 1. The molecule has 108 valence electrons. The van der Waals surface area contributed by atoms with E-state index >= 15 is 0 Å². The molecule has 2 aromatic rings. The fraction of sp³-hybridized carbons (Fsp3) is 0.308. The highest BCUT2D eigenvalue weighted by Crippen LogP contribution is 2.30. The topological polar surface area (TPSA) is 58.0 Å². The lowest BCUT2D eigenvalue weighted by Crippen LogP contribution is -2.18. The Hall–Kier alpha value is -2.02. The maximum Gasteiger partial charge on any atom is 0.416 e. The van der Waals surface area contributed by atoms with E-state index in [0.29, 0.717) is 11.3 Å². The number of aromatic amines is 1. The van der Waals surface area contributed by atoms with Crippen LogP contribution in [-0.4, -0.2) is 21.5 Å². The third-order valence-electron chi connectivity index (χ3n) is 2.99. The normalized spacial score (nSPS) is 11.8. The second-order valence-electron chi connectivity index (χ2n) is 4.38. The van der Waals surface area contributed by atoms with Crippen LogP contribution in [0, 0.1) is 6.92 Å². The summed E-state index contributed by atoms with van der Waals surface area (Å²) < 4.78 is 39.0. The Labute approximate surface area is 112 Å². The summed E-state index contributed by atoms with van der Waals surface area (Å²) in [5.74, 6) is 0. The third-order valence-corrected chi connectivity index (χ3v) is 2.99. The molecule has 0 aliphatic rings. The number of aromatic nitrogens is 2. The summed E-state index contributed by atoms with van der Waals surface area (Å²) >= 11 is 0. The Morgan fingerprint density at radius 3 is 2.65 bits per heavy atom. The van der Waals surface area contributed by atoms with Gasteiger partial charge in [0.1, 0.15) is 0 Å². The molecule has 0 spiro atoms. The molecule has 1 aromatic heterocycles. The first-order valence-corrected chi connectivity index (χ1v) is 5.93. The Morgan fingerprint density at radius 2 is 2.05 bits per heavy atom. The molecule has 0 amide bonds. The Morgan fingerprint density at radius 1 is 1.35 bits per heavy atom. The van der Waals surface area contributed by atoms with E-state index in [2.05, 4.69) is 5.10 Å². The molecular weight excluding hydrogens is 273 g/mol. The second-order valence-corrected chi connectivity index (χ2v) is 4.38. The van der Waals surface area contributed by atoms with E-state index in [4.69, 9.17) is 5.11 Å². The lowest BCUT2D eigenvalue weighted by Gasteiger charge is -2.08. The number of nitrogens with one attached hydrogen (secondary N) is 1. The molecule has 0 aliphatic carbocycles. The van der Waals surface area contributed by atoms with Crippen molar-refractivity contribution in [3.8, 4) is 5.69 Å². The van der Waals surface area contributed by atoms with Crippen LogP contribution in [0.15, 0.2) is 29.1 Å². The minimum Gasteiger partial charge on any atom is -0.396 e. The highest BCUT2D eigenvalue weighted by atomic mass is 19.4. The van der Waals surface area contributed by atoms with Crippen molar-refractivity contribution in [2.75, 3.05) is 6.61 Å². The number of rotatable bonds is 3. The Balaban J connectivity index is 2.53. The Bertz CT molecular complexity index is 671. The Kier molecular flexibility index (Phi) is 3.71. The molecule has 4 nitrogen and oxygen atoms in total. The van der Waals surface area contributed by atoms with Crippen molar-refractivity contribution < 1.29 is 18.3 Å². The smallest absolute Gasteiger partial charge is 0.396 e. The van der Waals surface area contributed by atoms with Crippen molar-refractivity contribution >= 4 is 0 Å². The third kappa shape index (κ3) is 2.62. The highest BCUT2D eigenvalue weighted by Gasteiger charge is 2.30. The standard InChI is InChI=1S/C13H13F3N2O2/c1-8-11(5-6-19)12(20)18(17-8)10-4-2-3-9(7-10)13(14,15)16/h2-4,7,17,19H,5-6H2,1H3. The number of hydrogen-bond donors (Lipinski definition) is 2. The van der Waals surface area contributed by atoms with E-state index in [1.807, 2.05) is 0 Å². The zero-order chi connectivity index (χ0) is 14.9. The summed E-state index contributed by atoms with van der Waals surface area (Å²) in [6.45, 7) is 1.44. The van der Waals surface area contributed by atoms with E-state index in [-0.39, 0.29) is 18.7 Å². The molecule has 0 saturated heterocycles. The summed E-state index contributed by atoms with van der Waals surface area (Å²) in [5.41, 5.74) is -0.266. The van der Waals surface area contributed by atoms with Gasteiger partial charge >= 0.3 is 6.18 Å². The van der Waals surface area contributed by atoms with Crippen LogP contribution >= 0.6 is 0 Å². The molecular formula is C13H13F3N2O2. The molecule has 1 aromatic carbocycles. The van der Waals surface area contributed by atoms with Crippen LogP contribution in [0.4, 0.5) is 13.2 Å². The number of benzene rings is 1. The minimum absolute atomic E-state index is 0.108. The van der Waals surface area contributed by atoms with Crippen molar-refractivity contribution in [1.29, 1.82) is 0 Å². The quantitative estimate of drug-likeness (QED) is 0.907. The van der Waals surface area contributed by atoms with Gasteiger partial charge < -0.3 is 5.11 Å². The van der Waals surface area contributed by atoms with E-state index in [9.17, 15) is 18.0 Å². The van der Waals surface area contributed by atoms with Crippen LogP contribution in [0.25, 0.3) is 5.69 Å². The largest absolute Gasteiger partial charge is 0.416 e. The molecule has 7 heteroatoms. The molecule has 0 unspecified atom stereocenters. The summed E-state index contributed by atoms with van der Waals surface area (Å²) in [6, 6.07) is 4.50. The fourth-order valence-corrected chi connectivity index (χ4v) is 1.99. The number of aryl methyl sites for hydroxylation is 1. The SMILES string of the molecule is Cc1[nH]n(-c2cccc(C(F)(F)F)c2)c(=O)c1CCO. The molecule has 0 radical (unpaired) electrons. The minimum atomic E-state index is -4.46. The summed E-state index contributed by atoms with van der Waals surface area (Å²) in [6.07, 6.45) is -4.30. The maximum absolute atomic E-state index is 12.7. The second kappa shape index (κ2) is 5.16. The molecule has 0 fully saturated rings. The number of H-pyrrole nitrogens is 1. The highest BCUT2D eigenvalue weighted by molar-refractivity contribution is 5.37. The fourth-order valence-electron chi connectivity index (χ4n) is 1.99. The molecule has 0 saturated carbocycles. The van der Waals surface area contributed by atoms with E-state index in [1.165, 1.54) is 12.1 Å². The van der Waals surface area contributed by atoms with Crippen molar-refractivity contribution in [2.24, 2.45) is 0 Å². The zero-order valence-electron chi connectivity index (χ0n) is 10.7. The van der Waals surface area contributed by atoms with E-state index in [0.717, 1.165) is 16.8 Å². The zero-order valence-corrected chi connectivity index (χ0v) is 10.7. The summed E-state index contributed by atoms with van der Waals surface area (Å²) in [7, 11) is 0.